The number of hydrogen-bond acceptors (Lipinski definition) is 4. The second-order valence-electron chi connectivity index (χ2n) is 5.59. The van der Waals surface area contributed by atoms with Crippen LogP contribution in [0.3, 0.4) is 0 Å². The second kappa shape index (κ2) is 6.88. The van der Waals surface area contributed by atoms with Crippen molar-refractivity contribution in [3.05, 3.63) is 59.9 Å². The summed E-state index contributed by atoms with van der Waals surface area (Å²) in [6.45, 7) is 0.768. The molecule has 0 unspecified atom stereocenters. The summed E-state index contributed by atoms with van der Waals surface area (Å²) in [4.78, 5) is 13.7. The second-order valence-corrected chi connectivity index (χ2v) is 5.59. The molecule has 1 aliphatic heterocycles. The monoisotopic (exact) mass is 331 g/mol. The van der Waals surface area contributed by atoms with E-state index < -0.39 is 17.8 Å². The fourth-order valence-electron chi connectivity index (χ4n) is 2.55. The molecule has 0 spiro atoms. The maximum absolute atomic E-state index is 12.9. The third-order valence-electron chi connectivity index (χ3n) is 3.94. The quantitative estimate of drug-likeness (QED) is 0.912. The minimum atomic E-state index is -1.29. The fraction of sp³-hybridized carbons (Fsp3) is 0.278. The first-order valence-electron chi connectivity index (χ1n) is 7.60. The van der Waals surface area contributed by atoms with Gasteiger partial charge in [0.05, 0.1) is 20.2 Å². The molecule has 6 heteroatoms. The van der Waals surface area contributed by atoms with Gasteiger partial charge in [-0.05, 0) is 29.8 Å². The minimum Gasteiger partial charge on any atom is -0.493 e. The van der Waals surface area contributed by atoms with Crippen LogP contribution in [0.15, 0.2) is 48.5 Å². The van der Waals surface area contributed by atoms with Gasteiger partial charge in [0.1, 0.15) is 11.9 Å². The average molecular weight is 331 g/mol. The third kappa shape index (κ3) is 3.33. The van der Waals surface area contributed by atoms with Gasteiger partial charge in [0, 0.05) is 0 Å². The topological polar surface area (TPSA) is 59.0 Å². The number of rotatable bonds is 5. The predicted molar refractivity (Wildman–Crippen MR) is 85.3 cm³/mol. The third-order valence-corrected chi connectivity index (χ3v) is 3.94. The van der Waals surface area contributed by atoms with E-state index in [4.69, 9.17) is 9.47 Å². The Morgan fingerprint density at radius 2 is 1.79 bits per heavy atom. The molecule has 1 saturated heterocycles. The number of carbonyl (C=O) groups is 1. The first-order valence-corrected chi connectivity index (χ1v) is 7.60. The Morgan fingerprint density at radius 1 is 1.17 bits per heavy atom. The molecule has 24 heavy (non-hydrogen) atoms. The van der Waals surface area contributed by atoms with Crippen molar-refractivity contribution in [3.63, 3.8) is 0 Å². The molecule has 0 bridgehead atoms. The zero-order valence-electron chi connectivity index (χ0n) is 13.2. The summed E-state index contributed by atoms with van der Waals surface area (Å²) in [5.74, 6) is 0.430. The smallest absolute Gasteiger partial charge is 0.256 e. The number of benzene rings is 2. The van der Waals surface area contributed by atoms with E-state index in [9.17, 15) is 14.3 Å². The Balaban J connectivity index is 1.56. The van der Waals surface area contributed by atoms with Crippen LogP contribution in [-0.2, 0) is 4.79 Å². The van der Waals surface area contributed by atoms with E-state index in [0.29, 0.717) is 30.2 Å². The van der Waals surface area contributed by atoms with Gasteiger partial charge in [-0.15, -0.1) is 0 Å². The van der Waals surface area contributed by atoms with Crippen LogP contribution in [0.1, 0.15) is 11.7 Å². The van der Waals surface area contributed by atoms with Crippen molar-refractivity contribution in [1.29, 1.82) is 0 Å². The highest BCUT2D eigenvalue weighted by molar-refractivity contribution is 5.82. The van der Waals surface area contributed by atoms with Crippen molar-refractivity contribution in [3.8, 4) is 11.5 Å². The van der Waals surface area contributed by atoms with Crippen molar-refractivity contribution < 1.29 is 23.8 Å². The highest BCUT2D eigenvalue weighted by Gasteiger charge is 2.36. The molecule has 3 rings (SSSR count). The van der Waals surface area contributed by atoms with E-state index in [0.717, 1.165) is 0 Å². The van der Waals surface area contributed by atoms with Gasteiger partial charge in [0.15, 0.2) is 17.6 Å². The molecule has 126 valence electrons. The van der Waals surface area contributed by atoms with Crippen LogP contribution < -0.4 is 9.47 Å². The summed E-state index contributed by atoms with van der Waals surface area (Å²) in [6.07, 6.45) is -1.44. The summed E-state index contributed by atoms with van der Waals surface area (Å²) in [7, 11) is 1.57. The standard InChI is InChI=1S/C18H18FNO4/c1-23-15-4-2-3-5-16(15)24-14-10-20(11-14)18(22)17(21)12-6-8-13(19)9-7-12/h2-9,14,17,21H,10-11H2,1H3/t17-/m0/s1. The van der Waals surface area contributed by atoms with Gasteiger partial charge in [-0.1, -0.05) is 24.3 Å². The number of aliphatic hydroxyl groups excluding tert-OH is 1. The van der Waals surface area contributed by atoms with Crippen molar-refractivity contribution in [1.82, 2.24) is 4.90 Å². The van der Waals surface area contributed by atoms with Gasteiger partial charge in [-0.25, -0.2) is 4.39 Å². The molecule has 0 radical (unpaired) electrons. The van der Waals surface area contributed by atoms with Crippen molar-refractivity contribution >= 4 is 5.91 Å². The predicted octanol–water partition coefficient (Wildman–Crippen LogP) is 2.16. The number of halogens is 1. The maximum atomic E-state index is 12.9. The van der Waals surface area contributed by atoms with Gasteiger partial charge in [0.2, 0.25) is 0 Å². The molecule has 1 aliphatic rings. The summed E-state index contributed by atoms with van der Waals surface area (Å²) >= 11 is 0. The number of hydrogen-bond donors (Lipinski definition) is 1. The van der Waals surface area contributed by atoms with Crippen LogP contribution in [0, 0.1) is 5.82 Å². The largest absolute Gasteiger partial charge is 0.493 e. The normalized spacial score (nSPS) is 15.5. The Morgan fingerprint density at radius 3 is 2.42 bits per heavy atom. The van der Waals surface area contributed by atoms with E-state index in [2.05, 4.69) is 0 Å². The average Bonchev–Trinajstić information content (AvgIpc) is 2.57. The SMILES string of the molecule is COc1ccccc1OC1CN(C(=O)[C@@H](O)c2ccc(F)cc2)C1. The molecule has 2 aromatic carbocycles. The maximum Gasteiger partial charge on any atom is 0.256 e. The van der Waals surface area contributed by atoms with Gasteiger partial charge in [-0.2, -0.15) is 0 Å². The number of methoxy groups -OCH3 is 1. The van der Waals surface area contributed by atoms with Crippen LogP contribution in [-0.4, -0.2) is 42.2 Å². The van der Waals surface area contributed by atoms with E-state index in [-0.39, 0.29) is 6.10 Å². The fourth-order valence-corrected chi connectivity index (χ4v) is 2.55. The van der Waals surface area contributed by atoms with Crippen LogP contribution in [0.25, 0.3) is 0 Å². The number of para-hydroxylation sites is 2. The molecule has 5 nitrogen and oxygen atoms in total. The molecule has 0 aromatic heterocycles. The first-order chi connectivity index (χ1) is 11.6. The van der Waals surface area contributed by atoms with Gasteiger partial charge >= 0.3 is 0 Å². The zero-order chi connectivity index (χ0) is 17.1. The molecule has 0 aliphatic carbocycles. The minimum absolute atomic E-state index is 0.148. The van der Waals surface area contributed by atoms with E-state index >= 15 is 0 Å². The van der Waals surface area contributed by atoms with E-state index in [1.165, 1.54) is 29.2 Å². The van der Waals surface area contributed by atoms with Gasteiger partial charge in [0.25, 0.3) is 5.91 Å². The Kier molecular flexibility index (Phi) is 4.66. The Labute approximate surface area is 139 Å². The first kappa shape index (κ1) is 16.3. The van der Waals surface area contributed by atoms with Crippen LogP contribution in [0.4, 0.5) is 4.39 Å². The number of ether oxygens (including phenoxy) is 2. The summed E-state index contributed by atoms with van der Waals surface area (Å²) in [5.41, 5.74) is 0.371. The number of carbonyl (C=O) groups excluding carboxylic acids is 1. The van der Waals surface area contributed by atoms with E-state index in [1.54, 1.807) is 19.2 Å². The lowest BCUT2D eigenvalue weighted by atomic mass is 10.1. The molecular formula is C18H18FNO4. The molecular weight excluding hydrogens is 313 g/mol. The number of nitrogens with zero attached hydrogens (tertiary/aromatic N) is 1. The van der Waals surface area contributed by atoms with Crippen molar-refractivity contribution in [2.75, 3.05) is 20.2 Å². The Hall–Kier alpha value is -2.60. The highest BCUT2D eigenvalue weighted by Crippen LogP contribution is 2.29. The summed E-state index contributed by atoms with van der Waals surface area (Å²) in [6, 6.07) is 12.5. The molecule has 1 heterocycles. The lowest BCUT2D eigenvalue weighted by Crippen LogP contribution is -2.57. The molecule has 2 aromatic rings. The molecule has 1 fully saturated rings. The van der Waals surface area contributed by atoms with Gasteiger partial charge in [-0.3, -0.25) is 4.79 Å². The van der Waals surface area contributed by atoms with Crippen molar-refractivity contribution in [2.45, 2.75) is 12.2 Å². The zero-order valence-corrected chi connectivity index (χ0v) is 13.2. The molecule has 1 atom stereocenters. The highest BCUT2D eigenvalue weighted by atomic mass is 19.1. The van der Waals surface area contributed by atoms with Crippen LogP contribution in [0.5, 0.6) is 11.5 Å². The van der Waals surface area contributed by atoms with Crippen LogP contribution in [0.2, 0.25) is 0 Å². The Bertz CT molecular complexity index is 713. The molecule has 1 amide bonds. The van der Waals surface area contributed by atoms with E-state index in [1.807, 2.05) is 12.1 Å². The molecule has 1 N–H and O–H groups in total. The number of likely N-dealkylation sites (tertiary alicyclic amines) is 1. The lowest BCUT2D eigenvalue weighted by molar-refractivity contribution is -0.149. The molecule has 0 saturated carbocycles. The lowest BCUT2D eigenvalue weighted by Gasteiger charge is -2.40. The number of amides is 1. The van der Waals surface area contributed by atoms with Crippen LogP contribution >= 0.6 is 0 Å². The van der Waals surface area contributed by atoms with Crippen molar-refractivity contribution in [2.24, 2.45) is 0 Å². The number of aliphatic hydroxyl groups is 1. The van der Waals surface area contributed by atoms with Gasteiger partial charge < -0.3 is 19.5 Å². The summed E-state index contributed by atoms with van der Waals surface area (Å²) < 4.78 is 23.9. The summed E-state index contributed by atoms with van der Waals surface area (Å²) in [5, 5.41) is 10.1.